The minimum absolute atomic E-state index is 0.110. The second-order valence-electron chi connectivity index (χ2n) is 5.42. The highest BCUT2D eigenvalue weighted by Crippen LogP contribution is 2.22. The Bertz CT molecular complexity index is 825. The summed E-state index contributed by atoms with van der Waals surface area (Å²) >= 11 is 0. The molecular weight excluding hydrogens is 290 g/mol. The number of hydrogen-bond donors (Lipinski definition) is 1. The van der Waals surface area contributed by atoms with Crippen molar-refractivity contribution in [1.82, 2.24) is 10.2 Å². The fraction of sp³-hybridized carbons (Fsp3) is 0.167. The quantitative estimate of drug-likeness (QED) is 0.800. The fourth-order valence-corrected chi connectivity index (χ4v) is 2.21. The maximum Gasteiger partial charge on any atom is 0.322 e. The van der Waals surface area contributed by atoms with Crippen LogP contribution in [0.15, 0.2) is 52.9 Å². The highest BCUT2D eigenvalue weighted by Gasteiger charge is 2.12. The van der Waals surface area contributed by atoms with E-state index in [0.29, 0.717) is 5.89 Å². The monoisotopic (exact) mass is 307 g/mol. The number of rotatable bonds is 4. The van der Waals surface area contributed by atoms with Crippen molar-refractivity contribution < 1.29 is 9.21 Å². The predicted molar refractivity (Wildman–Crippen MR) is 88.0 cm³/mol. The van der Waals surface area contributed by atoms with Gasteiger partial charge in [0.15, 0.2) is 0 Å². The summed E-state index contributed by atoms with van der Waals surface area (Å²) < 4.78 is 5.52. The van der Waals surface area contributed by atoms with Crippen molar-refractivity contribution in [3.05, 3.63) is 65.2 Å². The van der Waals surface area contributed by atoms with E-state index >= 15 is 0 Å². The van der Waals surface area contributed by atoms with E-state index in [2.05, 4.69) is 15.5 Å². The molecule has 0 aliphatic rings. The van der Waals surface area contributed by atoms with Gasteiger partial charge in [0.05, 0.1) is 6.42 Å². The van der Waals surface area contributed by atoms with Crippen molar-refractivity contribution in [3.63, 3.8) is 0 Å². The normalized spacial score (nSPS) is 10.5. The van der Waals surface area contributed by atoms with Crippen LogP contribution in [0.25, 0.3) is 11.5 Å². The lowest BCUT2D eigenvalue weighted by Gasteiger charge is -2.02. The molecule has 1 amide bonds. The van der Waals surface area contributed by atoms with Gasteiger partial charge in [-0.2, -0.15) is 0 Å². The third-order valence-electron chi connectivity index (χ3n) is 3.63. The molecule has 1 aromatic heterocycles. The van der Waals surface area contributed by atoms with Crippen LogP contribution in [-0.2, 0) is 11.2 Å². The lowest BCUT2D eigenvalue weighted by molar-refractivity contribution is -0.115. The first-order chi connectivity index (χ1) is 11.1. The molecule has 0 aliphatic carbocycles. The smallest absolute Gasteiger partial charge is 0.322 e. The molecule has 0 atom stereocenters. The number of amides is 1. The molecule has 5 heteroatoms. The second kappa shape index (κ2) is 6.44. The molecule has 0 spiro atoms. The van der Waals surface area contributed by atoms with Gasteiger partial charge in [0.2, 0.25) is 11.8 Å². The summed E-state index contributed by atoms with van der Waals surface area (Å²) in [6.45, 7) is 4.07. The third kappa shape index (κ3) is 3.63. The Morgan fingerprint density at radius 2 is 1.83 bits per heavy atom. The van der Waals surface area contributed by atoms with E-state index in [4.69, 9.17) is 4.42 Å². The molecule has 0 unspecified atom stereocenters. The van der Waals surface area contributed by atoms with Gasteiger partial charge in [0.1, 0.15) is 0 Å². The molecule has 0 fully saturated rings. The summed E-state index contributed by atoms with van der Waals surface area (Å²) in [6, 6.07) is 15.5. The summed E-state index contributed by atoms with van der Waals surface area (Å²) in [6.07, 6.45) is 0.266. The van der Waals surface area contributed by atoms with Crippen LogP contribution >= 0.6 is 0 Å². The van der Waals surface area contributed by atoms with Crippen molar-refractivity contribution in [2.45, 2.75) is 20.3 Å². The number of hydrogen-bond acceptors (Lipinski definition) is 4. The summed E-state index contributed by atoms with van der Waals surface area (Å²) in [5.41, 5.74) is 4.11. The molecule has 23 heavy (non-hydrogen) atoms. The Hall–Kier alpha value is -2.95. The summed E-state index contributed by atoms with van der Waals surface area (Å²) in [5.74, 6) is 0.203. The molecule has 3 aromatic rings. The molecule has 1 heterocycles. The lowest BCUT2D eigenvalue weighted by atomic mass is 10.1. The van der Waals surface area contributed by atoms with E-state index in [-0.39, 0.29) is 18.3 Å². The van der Waals surface area contributed by atoms with Gasteiger partial charge in [0.25, 0.3) is 0 Å². The molecule has 0 radical (unpaired) electrons. The van der Waals surface area contributed by atoms with Gasteiger partial charge in [-0.05, 0) is 42.7 Å². The van der Waals surface area contributed by atoms with E-state index in [9.17, 15) is 4.79 Å². The second-order valence-corrected chi connectivity index (χ2v) is 5.42. The zero-order chi connectivity index (χ0) is 16.2. The largest absolute Gasteiger partial charge is 0.403 e. The number of benzene rings is 2. The number of aromatic nitrogens is 2. The average molecular weight is 307 g/mol. The molecule has 116 valence electrons. The van der Waals surface area contributed by atoms with Gasteiger partial charge < -0.3 is 4.42 Å². The van der Waals surface area contributed by atoms with Crippen molar-refractivity contribution in [2.75, 3.05) is 5.32 Å². The van der Waals surface area contributed by atoms with Crippen LogP contribution in [-0.4, -0.2) is 16.1 Å². The first kappa shape index (κ1) is 15.0. The van der Waals surface area contributed by atoms with Gasteiger partial charge in [-0.15, -0.1) is 5.10 Å². The first-order valence-electron chi connectivity index (χ1n) is 7.37. The van der Waals surface area contributed by atoms with Crippen molar-refractivity contribution in [2.24, 2.45) is 0 Å². The topological polar surface area (TPSA) is 68.0 Å². The van der Waals surface area contributed by atoms with Crippen LogP contribution in [0.2, 0.25) is 0 Å². The van der Waals surface area contributed by atoms with Crippen LogP contribution < -0.4 is 5.32 Å². The molecule has 3 rings (SSSR count). The predicted octanol–water partition coefficient (Wildman–Crippen LogP) is 3.53. The minimum Gasteiger partial charge on any atom is -0.403 e. The lowest BCUT2D eigenvalue weighted by Crippen LogP contribution is -2.14. The number of nitrogens with zero attached hydrogens (tertiary/aromatic N) is 2. The van der Waals surface area contributed by atoms with E-state index < -0.39 is 0 Å². The molecule has 0 saturated heterocycles. The molecule has 0 saturated carbocycles. The Morgan fingerprint density at radius 1 is 1.04 bits per heavy atom. The highest BCUT2D eigenvalue weighted by atomic mass is 16.4. The number of anilines is 1. The summed E-state index contributed by atoms with van der Waals surface area (Å²) in [7, 11) is 0. The van der Waals surface area contributed by atoms with Crippen molar-refractivity contribution in [3.8, 4) is 11.5 Å². The van der Waals surface area contributed by atoms with Crippen molar-refractivity contribution >= 4 is 11.9 Å². The number of carbonyl (C=O) groups excluding carboxylic acids is 1. The van der Waals surface area contributed by atoms with Gasteiger partial charge in [-0.1, -0.05) is 41.5 Å². The Morgan fingerprint density at radius 3 is 2.57 bits per heavy atom. The molecule has 2 aromatic carbocycles. The maximum atomic E-state index is 12.0. The molecule has 5 nitrogen and oxygen atoms in total. The van der Waals surface area contributed by atoms with E-state index in [1.807, 2.05) is 62.4 Å². The van der Waals surface area contributed by atoms with Gasteiger partial charge in [-0.3, -0.25) is 10.1 Å². The summed E-state index contributed by atoms with van der Waals surface area (Å²) in [5, 5.41) is 10.5. The molecular formula is C18H17N3O2. The Labute approximate surface area is 134 Å². The van der Waals surface area contributed by atoms with E-state index in [0.717, 1.165) is 16.7 Å². The standard InChI is InChI=1S/C18H17N3O2/c1-12-8-9-15(10-13(12)2)17-20-21-18(23-17)19-16(22)11-14-6-4-3-5-7-14/h3-10H,11H2,1-2H3,(H,19,21,22). The van der Waals surface area contributed by atoms with Gasteiger partial charge in [-0.25, -0.2) is 0 Å². The molecule has 0 aliphatic heterocycles. The van der Waals surface area contributed by atoms with Crippen LogP contribution in [0.3, 0.4) is 0 Å². The van der Waals surface area contributed by atoms with Crippen LogP contribution in [0, 0.1) is 13.8 Å². The van der Waals surface area contributed by atoms with Gasteiger partial charge in [0, 0.05) is 5.56 Å². The van der Waals surface area contributed by atoms with Crippen LogP contribution in [0.5, 0.6) is 0 Å². The zero-order valence-corrected chi connectivity index (χ0v) is 13.0. The van der Waals surface area contributed by atoms with Crippen molar-refractivity contribution in [1.29, 1.82) is 0 Å². The van der Waals surface area contributed by atoms with E-state index in [1.54, 1.807) is 0 Å². The Balaban J connectivity index is 1.69. The number of nitrogens with one attached hydrogen (secondary N) is 1. The highest BCUT2D eigenvalue weighted by molar-refractivity contribution is 5.90. The van der Waals surface area contributed by atoms with Gasteiger partial charge >= 0.3 is 6.01 Å². The molecule has 0 bridgehead atoms. The summed E-state index contributed by atoms with van der Waals surface area (Å²) in [4.78, 5) is 12.0. The van der Waals surface area contributed by atoms with Crippen LogP contribution in [0.4, 0.5) is 6.01 Å². The molecule has 1 N–H and O–H groups in total. The zero-order valence-electron chi connectivity index (χ0n) is 13.0. The fourth-order valence-electron chi connectivity index (χ4n) is 2.21. The third-order valence-corrected chi connectivity index (χ3v) is 3.63. The minimum atomic E-state index is -0.188. The average Bonchev–Trinajstić information content (AvgIpc) is 2.99. The number of carbonyl (C=O) groups is 1. The first-order valence-corrected chi connectivity index (χ1v) is 7.37. The maximum absolute atomic E-state index is 12.0. The van der Waals surface area contributed by atoms with Crippen LogP contribution in [0.1, 0.15) is 16.7 Å². The van der Waals surface area contributed by atoms with E-state index in [1.165, 1.54) is 5.56 Å². The Kier molecular flexibility index (Phi) is 4.19. The number of aryl methyl sites for hydroxylation is 2. The SMILES string of the molecule is Cc1ccc(-c2nnc(NC(=O)Cc3ccccc3)o2)cc1C.